The maximum Gasteiger partial charge on any atom is 0.255 e. The van der Waals surface area contributed by atoms with Crippen LogP contribution in [0.2, 0.25) is 5.02 Å². The normalized spacial score (nSPS) is 19.4. The van der Waals surface area contributed by atoms with Crippen LogP contribution in [0.25, 0.3) is 33.5 Å². The van der Waals surface area contributed by atoms with Gasteiger partial charge >= 0.3 is 0 Å². The van der Waals surface area contributed by atoms with Crippen LogP contribution < -0.4 is 11.1 Å². The zero-order chi connectivity index (χ0) is 20.8. The maximum atomic E-state index is 12.9. The van der Waals surface area contributed by atoms with E-state index in [4.69, 9.17) is 22.3 Å². The van der Waals surface area contributed by atoms with Gasteiger partial charge in [-0.1, -0.05) is 11.6 Å². The number of benzene rings is 1. The molecule has 1 aromatic carbocycles. The van der Waals surface area contributed by atoms with Crippen LogP contribution in [0.15, 0.2) is 30.6 Å². The highest BCUT2D eigenvalue weighted by atomic mass is 35.5. The number of nitrogens with zero attached hydrogens (tertiary/aromatic N) is 4. The number of fused-ring (bicyclic) bond motifs is 2. The van der Waals surface area contributed by atoms with Crippen molar-refractivity contribution in [1.82, 2.24) is 30.0 Å². The lowest BCUT2D eigenvalue weighted by molar-refractivity contribution is 0.0927. The fourth-order valence-corrected chi connectivity index (χ4v) is 4.39. The number of hydrogen-bond acceptors (Lipinski definition) is 5. The standard InChI is InChI=1S/C21H22ClN7O/c1-29-17-7-11(22)5-6-14(17)18(28-29)16-10-25-20-19(27-16)15(9-24-20)21(30)26-13-4-2-3-12(23)8-13/h5-7,9-10,12-13H,2-4,8,23H2,1H3,(H,24,25)(H,26,30)/t12-,13-/m1/s1. The van der Waals surface area contributed by atoms with Crippen molar-refractivity contribution < 1.29 is 4.79 Å². The van der Waals surface area contributed by atoms with Crippen molar-refractivity contribution in [2.24, 2.45) is 12.8 Å². The number of hydrogen-bond donors (Lipinski definition) is 3. The Morgan fingerprint density at radius 2 is 2.23 bits per heavy atom. The average Bonchev–Trinajstić information content (AvgIpc) is 3.29. The lowest BCUT2D eigenvalue weighted by Crippen LogP contribution is -2.42. The summed E-state index contributed by atoms with van der Waals surface area (Å²) in [4.78, 5) is 25.2. The number of rotatable bonds is 3. The highest BCUT2D eigenvalue weighted by Gasteiger charge is 2.23. The topological polar surface area (TPSA) is 115 Å². The van der Waals surface area contributed by atoms with Crippen molar-refractivity contribution in [3.05, 3.63) is 41.2 Å². The highest BCUT2D eigenvalue weighted by Crippen LogP contribution is 2.29. The fourth-order valence-electron chi connectivity index (χ4n) is 4.22. The second kappa shape index (κ2) is 7.37. The fraction of sp³-hybridized carbons (Fsp3) is 0.333. The van der Waals surface area contributed by atoms with Gasteiger partial charge in [-0.25, -0.2) is 9.97 Å². The van der Waals surface area contributed by atoms with Gasteiger partial charge in [-0.05, 0) is 43.9 Å². The van der Waals surface area contributed by atoms with Gasteiger partial charge < -0.3 is 16.0 Å². The van der Waals surface area contributed by atoms with Gasteiger partial charge in [-0.15, -0.1) is 0 Å². The largest absolute Gasteiger partial charge is 0.349 e. The summed E-state index contributed by atoms with van der Waals surface area (Å²) in [5.41, 5.74) is 9.82. The van der Waals surface area contributed by atoms with Crippen molar-refractivity contribution in [3.63, 3.8) is 0 Å². The van der Waals surface area contributed by atoms with Gasteiger partial charge in [0.05, 0.1) is 17.3 Å². The van der Waals surface area contributed by atoms with Gasteiger partial charge in [0.2, 0.25) is 0 Å². The van der Waals surface area contributed by atoms with E-state index in [1.807, 2.05) is 25.2 Å². The van der Waals surface area contributed by atoms with E-state index in [1.165, 1.54) is 0 Å². The molecular formula is C21H22ClN7O. The summed E-state index contributed by atoms with van der Waals surface area (Å²) >= 11 is 6.13. The minimum Gasteiger partial charge on any atom is -0.349 e. The van der Waals surface area contributed by atoms with Gasteiger partial charge in [-0.2, -0.15) is 5.10 Å². The molecule has 1 aliphatic carbocycles. The molecule has 0 unspecified atom stereocenters. The second-order valence-corrected chi connectivity index (χ2v) is 8.32. The first-order valence-electron chi connectivity index (χ1n) is 10.0. The predicted octanol–water partition coefficient (Wildman–Crippen LogP) is 3.16. The van der Waals surface area contributed by atoms with Crippen LogP contribution in [0, 0.1) is 0 Å². The number of carbonyl (C=O) groups excluding carboxylic acids is 1. The Morgan fingerprint density at radius 1 is 1.37 bits per heavy atom. The molecule has 30 heavy (non-hydrogen) atoms. The van der Waals surface area contributed by atoms with Gasteiger partial charge in [0, 0.05) is 35.7 Å². The van der Waals surface area contributed by atoms with E-state index >= 15 is 0 Å². The van der Waals surface area contributed by atoms with Crippen molar-refractivity contribution >= 4 is 39.6 Å². The van der Waals surface area contributed by atoms with Crippen LogP contribution in [0.4, 0.5) is 0 Å². The van der Waals surface area contributed by atoms with Crippen LogP contribution in [0.5, 0.6) is 0 Å². The zero-order valence-electron chi connectivity index (χ0n) is 16.5. The Hall–Kier alpha value is -2.97. The Morgan fingerprint density at radius 3 is 3.07 bits per heavy atom. The number of carbonyl (C=O) groups is 1. The van der Waals surface area contributed by atoms with Gasteiger partial charge in [0.25, 0.3) is 5.91 Å². The Labute approximate surface area is 177 Å². The molecule has 3 aromatic heterocycles. The number of halogens is 1. The molecule has 1 amide bonds. The molecule has 1 fully saturated rings. The smallest absolute Gasteiger partial charge is 0.255 e. The molecular weight excluding hydrogens is 402 g/mol. The highest BCUT2D eigenvalue weighted by molar-refractivity contribution is 6.31. The molecule has 0 saturated heterocycles. The van der Waals surface area contributed by atoms with Crippen LogP contribution in [0.1, 0.15) is 36.0 Å². The minimum absolute atomic E-state index is 0.0897. The van der Waals surface area contributed by atoms with Gasteiger partial charge in [-0.3, -0.25) is 9.48 Å². The van der Waals surface area contributed by atoms with E-state index in [2.05, 4.69) is 20.4 Å². The molecule has 2 atom stereocenters. The molecule has 3 heterocycles. The summed E-state index contributed by atoms with van der Waals surface area (Å²) in [5, 5.41) is 9.27. The third-order valence-electron chi connectivity index (χ3n) is 5.73. The zero-order valence-corrected chi connectivity index (χ0v) is 17.3. The summed E-state index contributed by atoms with van der Waals surface area (Å²) in [6.45, 7) is 0. The third kappa shape index (κ3) is 3.32. The Bertz CT molecular complexity index is 1260. The van der Waals surface area contributed by atoms with Gasteiger partial charge in [0.15, 0.2) is 5.65 Å². The summed E-state index contributed by atoms with van der Waals surface area (Å²) in [6.07, 6.45) is 7.10. The maximum absolute atomic E-state index is 12.9. The van der Waals surface area contributed by atoms with E-state index in [0.29, 0.717) is 33.1 Å². The molecule has 8 nitrogen and oxygen atoms in total. The van der Waals surface area contributed by atoms with E-state index < -0.39 is 0 Å². The van der Waals surface area contributed by atoms with Crippen LogP contribution >= 0.6 is 11.6 Å². The lowest BCUT2D eigenvalue weighted by atomic mass is 9.91. The van der Waals surface area contributed by atoms with E-state index in [9.17, 15) is 4.79 Å². The van der Waals surface area contributed by atoms with Crippen LogP contribution in [-0.4, -0.2) is 42.7 Å². The molecule has 0 aliphatic heterocycles. The number of aromatic amines is 1. The van der Waals surface area contributed by atoms with Crippen LogP contribution in [0.3, 0.4) is 0 Å². The molecule has 4 N–H and O–H groups in total. The quantitative estimate of drug-likeness (QED) is 0.468. The van der Waals surface area contributed by atoms with Crippen molar-refractivity contribution in [3.8, 4) is 11.4 Å². The molecule has 1 aliphatic rings. The summed E-state index contributed by atoms with van der Waals surface area (Å²) in [7, 11) is 1.86. The Kier molecular flexibility index (Phi) is 4.67. The molecule has 0 bridgehead atoms. The first-order valence-corrected chi connectivity index (χ1v) is 10.4. The molecule has 5 rings (SSSR count). The number of amides is 1. The predicted molar refractivity (Wildman–Crippen MR) is 116 cm³/mol. The Balaban J connectivity index is 1.51. The van der Waals surface area contributed by atoms with Crippen LogP contribution in [-0.2, 0) is 7.05 Å². The van der Waals surface area contributed by atoms with E-state index in [-0.39, 0.29) is 18.0 Å². The number of nitrogens with one attached hydrogen (secondary N) is 2. The molecule has 1 saturated carbocycles. The van der Waals surface area contributed by atoms with E-state index in [0.717, 1.165) is 36.6 Å². The second-order valence-electron chi connectivity index (χ2n) is 7.89. The first-order chi connectivity index (χ1) is 14.5. The molecule has 154 valence electrons. The van der Waals surface area contributed by atoms with Gasteiger partial charge in [0.1, 0.15) is 16.9 Å². The third-order valence-corrected chi connectivity index (χ3v) is 5.97. The van der Waals surface area contributed by atoms with E-state index in [1.54, 1.807) is 17.1 Å². The molecule has 4 aromatic rings. The molecule has 9 heteroatoms. The number of aryl methyl sites for hydroxylation is 1. The lowest BCUT2D eigenvalue weighted by Gasteiger charge is -2.27. The summed E-state index contributed by atoms with van der Waals surface area (Å²) in [5.74, 6) is -0.163. The number of aromatic nitrogens is 5. The average molecular weight is 424 g/mol. The monoisotopic (exact) mass is 423 g/mol. The van der Waals surface area contributed by atoms with Crippen molar-refractivity contribution in [1.29, 1.82) is 0 Å². The first kappa shape index (κ1) is 19.0. The SMILES string of the molecule is Cn1nc(-c2cnc3[nH]cc(C(=O)N[C@@H]4CCC[C@@H](N)C4)c3n2)c2ccc(Cl)cc21. The molecule has 0 radical (unpaired) electrons. The summed E-state index contributed by atoms with van der Waals surface area (Å²) in [6, 6.07) is 5.84. The minimum atomic E-state index is -0.163. The summed E-state index contributed by atoms with van der Waals surface area (Å²) < 4.78 is 1.76. The van der Waals surface area contributed by atoms with Crippen molar-refractivity contribution in [2.75, 3.05) is 0 Å². The molecule has 0 spiro atoms. The number of H-pyrrole nitrogens is 1. The number of nitrogens with two attached hydrogens (primary N) is 1. The van der Waals surface area contributed by atoms with Crippen molar-refractivity contribution in [2.45, 2.75) is 37.8 Å².